The summed E-state index contributed by atoms with van der Waals surface area (Å²) >= 11 is 12.1. The molecule has 100 valence electrons. The van der Waals surface area contributed by atoms with E-state index in [2.05, 4.69) is 10.3 Å². The van der Waals surface area contributed by atoms with Gasteiger partial charge < -0.3 is 0 Å². The summed E-state index contributed by atoms with van der Waals surface area (Å²) in [4.78, 5) is 0. The van der Waals surface area contributed by atoms with Crippen molar-refractivity contribution in [3.05, 3.63) is 64.3 Å². The molecule has 3 rings (SSSR count). The van der Waals surface area contributed by atoms with Crippen molar-refractivity contribution in [2.75, 3.05) is 0 Å². The zero-order chi connectivity index (χ0) is 14.1. The molecule has 0 aliphatic rings. The lowest BCUT2D eigenvalue weighted by atomic mass is 10.2. The number of hydrogen-bond acceptors (Lipinski definition) is 2. The van der Waals surface area contributed by atoms with Crippen LogP contribution >= 0.6 is 23.2 Å². The molecule has 1 aromatic heterocycles. The normalized spacial score (nSPS) is 10.8. The third-order valence-corrected chi connectivity index (χ3v) is 3.55. The van der Waals surface area contributed by atoms with Crippen molar-refractivity contribution in [1.29, 1.82) is 0 Å². The molecule has 0 saturated heterocycles. The molecule has 2 aromatic carbocycles. The van der Waals surface area contributed by atoms with Gasteiger partial charge in [0.1, 0.15) is 5.69 Å². The molecule has 0 aliphatic carbocycles. The van der Waals surface area contributed by atoms with Crippen LogP contribution in [-0.4, -0.2) is 15.0 Å². The van der Waals surface area contributed by atoms with Gasteiger partial charge in [-0.1, -0.05) is 46.1 Å². The van der Waals surface area contributed by atoms with Crippen LogP contribution in [0.2, 0.25) is 10.0 Å². The molecule has 1 heterocycles. The fraction of sp³-hybridized carbons (Fsp3) is 0.0667. The molecule has 3 nitrogen and oxygen atoms in total. The summed E-state index contributed by atoms with van der Waals surface area (Å²) in [6.07, 6.45) is 1.85. The van der Waals surface area contributed by atoms with E-state index in [0.29, 0.717) is 15.7 Å². The first-order valence-corrected chi connectivity index (χ1v) is 6.84. The van der Waals surface area contributed by atoms with Crippen LogP contribution in [0.3, 0.4) is 0 Å². The van der Waals surface area contributed by atoms with Gasteiger partial charge in [0.2, 0.25) is 0 Å². The van der Waals surface area contributed by atoms with Gasteiger partial charge >= 0.3 is 0 Å². The van der Waals surface area contributed by atoms with Crippen molar-refractivity contribution in [2.45, 2.75) is 6.92 Å². The molecule has 0 bridgehead atoms. The van der Waals surface area contributed by atoms with Crippen molar-refractivity contribution >= 4 is 23.2 Å². The molecule has 0 unspecified atom stereocenters. The molecule has 0 amide bonds. The Labute approximate surface area is 126 Å². The average Bonchev–Trinajstić information content (AvgIpc) is 2.89. The van der Waals surface area contributed by atoms with Crippen molar-refractivity contribution in [3.63, 3.8) is 0 Å². The highest BCUT2D eigenvalue weighted by molar-refractivity contribution is 6.36. The molecular formula is C15H11Cl2N3. The second kappa shape index (κ2) is 5.27. The minimum Gasteiger partial charge on any atom is -0.220 e. The van der Waals surface area contributed by atoms with Crippen LogP contribution in [-0.2, 0) is 0 Å². The number of aromatic nitrogens is 3. The lowest BCUT2D eigenvalue weighted by molar-refractivity contribution is 0.803. The predicted molar refractivity (Wildman–Crippen MR) is 81.6 cm³/mol. The number of halogens is 2. The minimum absolute atomic E-state index is 0.563. The van der Waals surface area contributed by atoms with Crippen LogP contribution in [0.1, 0.15) is 5.56 Å². The summed E-state index contributed by atoms with van der Waals surface area (Å²) in [7, 11) is 0. The quantitative estimate of drug-likeness (QED) is 0.695. The molecule has 0 fully saturated rings. The van der Waals surface area contributed by atoms with E-state index in [0.717, 1.165) is 11.3 Å². The Balaban J connectivity index is 1.99. The number of nitrogens with zero attached hydrogens (tertiary/aromatic N) is 3. The van der Waals surface area contributed by atoms with Crippen LogP contribution < -0.4 is 0 Å². The first-order chi connectivity index (χ1) is 9.63. The van der Waals surface area contributed by atoms with Crippen LogP contribution in [0.25, 0.3) is 16.9 Å². The Bertz CT molecular complexity index is 748. The second-order valence-electron chi connectivity index (χ2n) is 4.51. The summed E-state index contributed by atoms with van der Waals surface area (Å²) < 4.78 is 1.72. The molecule has 0 saturated carbocycles. The topological polar surface area (TPSA) is 30.7 Å². The highest BCUT2D eigenvalue weighted by atomic mass is 35.5. The van der Waals surface area contributed by atoms with E-state index in [1.165, 1.54) is 5.56 Å². The van der Waals surface area contributed by atoms with Gasteiger partial charge in [-0.05, 0) is 37.3 Å². The highest BCUT2D eigenvalue weighted by Gasteiger charge is 2.09. The molecule has 0 spiro atoms. The van der Waals surface area contributed by atoms with Gasteiger partial charge in [-0.3, -0.25) is 0 Å². The molecule has 0 N–H and O–H groups in total. The van der Waals surface area contributed by atoms with Gasteiger partial charge in [-0.25, -0.2) is 4.68 Å². The van der Waals surface area contributed by atoms with Crippen LogP contribution in [0.5, 0.6) is 0 Å². The first-order valence-electron chi connectivity index (χ1n) is 6.08. The molecule has 3 aromatic rings. The van der Waals surface area contributed by atoms with Crippen LogP contribution in [0, 0.1) is 6.92 Å². The van der Waals surface area contributed by atoms with Gasteiger partial charge in [0.25, 0.3) is 0 Å². The number of aryl methyl sites for hydroxylation is 1. The minimum atomic E-state index is 0.563. The molecule has 0 atom stereocenters. The number of benzene rings is 2. The van der Waals surface area contributed by atoms with Gasteiger partial charge in [-0.15, -0.1) is 5.10 Å². The molecule has 20 heavy (non-hydrogen) atoms. The van der Waals surface area contributed by atoms with E-state index in [9.17, 15) is 0 Å². The van der Waals surface area contributed by atoms with Crippen molar-refractivity contribution in [1.82, 2.24) is 15.0 Å². The number of hydrogen-bond donors (Lipinski definition) is 0. The molecule has 0 aliphatic heterocycles. The maximum Gasteiger partial charge on any atom is 0.115 e. The molecule has 5 heteroatoms. The average molecular weight is 304 g/mol. The number of rotatable bonds is 2. The fourth-order valence-corrected chi connectivity index (χ4v) is 2.41. The monoisotopic (exact) mass is 303 g/mol. The summed E-state index contributed by atoms with van der Waals surface area (Å²) in [6, 6.07) is 13.4. The van der Waals surface area contributed by atoms with E-state index in [-0.39, 0.29) is 0 Å². The van der Waals surface area contributed by atoms with E-state index in [1.54, 1.807) is 16.8 Å². The van der Waals surface area contributed by atoms with E-state index >= 15 is 0 Å². The Morgan fingerprint density at radius 3 is 2.45 bits per heavy atom. The largest absolute Gasteiger partial charge is 0.220 e. The smallest absolute Gasteiger partial charge is 0.115 e. The van der Waals surface area contributed by atoms with Crippen molar-refractivity contribution < 1.29 is 0 Å². The second-order valence-corrected chi connectivity index (χ2v) is 5.35. The van der Waals surface area contributed by atoms with E-state index in [1.807, 2.05) is 43.5 Å². The Kier molecular flexibility index (Phi) is 3.47. The SMILES string of the molecule is Cc1ccc(-n2cc(-c3ccc(Cl)cc3Cl)nn2)cc1. The maximum atomic E-state index is 6.18. The lowest BCUT2D eigenvalue weighted by Crippen LogP contribution is -1.94. The van der Waals surface area contributed by atoms with Gasteiger partial charge in [0, 0.05) is 10.6 Å². The lowest BCUT2D eigenvalue weighted by Gasteiger charge is -2.01. The van der Waals surface area contributed by atoms with Gasteiger partial charge in [-0.2, -0.15) is 0 Å². The summed E-state index contributed by atoms with van der Waals surface area (Å²) in [5.74, 6) is 0. The predicted octanol–water partition coefficient (Wildman–Crippen LogP) is 4.55. The summed E-state index contributed by atoms with van der Waals surface area (Å²) in [6.45, 7) is 2.05. The van der Waals surface area contributed by atoms with Crippen LogP contribution in [0.15, 0.2) is 48.7 Å². The zero-order valence-corrected chi connectivity index (χ0v) is 12.2. The Morgan fingerprint density at radius 2 is 1.75 bits per heavy atom. The van der Waals surface area contributed by atoms with E-state index in [4.69, 9.17) is 23.2 Å². The summed E-state index contributed by atoms with van der Waals surface area (Å²) in [5.41, 5.74) is 3.69. The third kappa shape index (κ3) is 2.55. The third-order valence-electron chi connectivity index (χ3n) is 3.00. The molecular weight excluding hydrogens is 293 g/mol. The zero-order valence-electron chi connectivity index (χ0n) is 10.7. The Hall–Kier alpha value is -1.84. The van der Waals surface area contributed by atoms with Crippen LogP contribution in [0.4, 0.5) is 0 Å². The first kappa shape index (κ1) is 13.2. The van der Waals surface area contributed by atoms with Crippen molar-refractivity contribution in [3.8, 4) is 16.9 Å². The standard InChI is InChI=1S/C15H11Cl2N3/c1-10-2-5-12(6-3-10)20-9-15(18-19-20)13-7-4-11(16)8-14(13)17/h2-9H,1H3. The highest BCUT2D eigenvalue weighted by Crippen LogP contribution is 2.29. The maximum absolute atomic E-state index is 6.18. The summed E-state index contributed by atoms with van der Waals surface area (Å²) in [5, 5.41) is 9.46. The Morgan fingerprint density at radius 1 is 1.00 bits per heavy atom. The van der Waals surface area contributed by atoms with Gasteiger partial charge in [0.05, 0.1) is 16.9 Å². The fourth-order valence-electron chi connectivity index (χ4n) is 1.91. The van der Waals surface area contributed by atoms with E-state index < -0.39 is 0 Å². The van der Waals surface area contributed by atoms with Crippen molar-refractivity contribution in [2.24, 2.45) is 0 Å². The molecule has 0 radical (unpaired) electrons. The van der Waals surface area contributed by atoms with Gasteiger partial charge in [0.15, 0.2) is 0 Å².